The number of aliphatic hydroxyl groups is 1. The van der Waals surface area contributed by atoms with Gasteiger partial charge in [-0.3, -0.25) is 0 Å². The third kappa shape index (κ3) is 4.53. The lowest BCUT2D eigenvalue weighted by atomic mass is 10.2. The maximum Gasteiger partial charge on any atom is 0.245 e. The molecule has 1 aromatic carbocycles. The number of aliphatic hydroxyl groups excluding tert-OH is 1. The zero-order valence-electron chi connectivity index (χ0n) is 12.3. The first-order valence-electron chi connectivity index (χ1n) is 6.86. The summed E-state index contributed by atoms with van der Waals surface area (Å²) >= 11 is 0. The molecule has 1 N–H and O–H groups in total. The van der Waals surface area contributed by atoms with Gasteiger partial charge >= 0.3 is 0 Å². The monoisotopic (exact) mass is 313 g/mol. The number of nitrogens with zero attached hydrogens (tertiary/aromatic N) is 1. The molecule has 116 valence electrons. The molecule has 0 aliphatic heterocycles. The van der Waals surface area contributed by atoms with Crippen molar-refractivity contribution in [2.75, 3.05) is 19.7 Å². The van der Waals surface area contributed by atoms with Crippen molar-refractivity contribution < 1.29 is 17.9 Å². The Morgan fingerprint density at radius 1 is 1.33 bits per heavy atom. The van der Waals surface area contributed by atoms with Crippen LogP contribution in [0.4, 0.5) is 4.39 Å². The first-order chi connectivity index (χ1) is 9.97. The van der Waals surface area contributed by atoms with Crippen LogP contribution in [0.1, 0.15) is 32.3 Å². The average Bonchev–Trinajstić information content (AvgIpc) is 2.45. The summed E-state index contributed by atoms with van der Waals surface area (Å²) in [4.78, 5) is -0.338. The molecule has 0 saturated heterocycles. The molecular weight excluding hydrogens is 293 g/mol. The molecule has 0 amide bonds. The second-order valence-electron chi connectivity index (χ2n) is 4.46. The first-order valence-corrected chi connectivity index (χ1v) is 8.30. The van der Waals surface area contributed by atoms with Crippen molar-refractivity contribution in [1.29, 1.82) is 0 Å². The second kappa shape index (κ2) is 8.13. The molecular formula is C15H20FNO3S. The van der Waals surface area contributed by atoms with Gasteiger partial charge in [-0.15, -0.1) is 0 Å². The third-order valence-corrected chi connectivity index (χ3v) is 4.98. The van der Waals surface area contributed by atoms with Gasteiger partial charge in [-0.2, -0.15) is 4.31 Å². The van der Waals surface area contributed by atoms with Crippen LogP contribution in [0.25, 0.3) is 0 Å². The van der Waals surface area contributed by atoms with Gasteiger partial charge in [-0.05, 0) is 24.6 Å². The lowest BCUT2D eigenvalue weighted by Gasteiger charge is -2.20. The van der Waals surface area contributed by atoms with E-state index in [-0.39, 0.29) is 11.5 Å². The van der Waals surface area contributed by atoms with Crippen LogP contribution >= 0.6 is 0 Å². The summed E-state index contributed by atoms with van der Waals surface area (Å²) < 4.78 is 40.2. The summed E-state index contributed by atoms with van der Waals surface area (Å²) in [6.45, 7) is 4.04. The molecule has 0 saturated carbocycles. The summed E-state index contributed by atoms with van der Waals surface area (Å²) in [6.07, 6.45) is 1.60. The standard InChI is InChI=1S/C15H20FNO3S/c1-3-5-10-17(4-2)21(19,20)15-9-8-13(7-6-11-18)12-14(15)16/h8-9,12,18H,3-5,10-11H2,1-2H3. The fourth-order valence-electron chi connectivity index (χ4n) is 1.85. The molecule has 0 fully saturated rings. The van der Waals surface area contributed by atoms with Gasteiger partial charge in [-0.25, -0.2) is 12.8 Å². The Kier molecular flexibility index (Phi) is 6.82. The number of unbranched alkanes of at least 4 members (excludes halogenated alkanes) is 1. The Labute approximate surface area is 125 Å². The van der Waals surface area contributed by atoms with Crippen molar-refractivity contribution in [3.05, 3.63) is 29.6 Å². The van der Waals surface area contributed by atoms with E-state index in [1.165, 1.54) is 16.4 Å². The van der Waals surface area contributed by atoms with Gasteiger partial charge in [0.25, 0.3) is 0 Å². The van der Waals surface area contributed by atoms with Gasteiger partial charge in [0.1, 0.15) is 17.3 Å². The van der Waals surface area contributed by atoms with Crippen molar-refractivity contribution >= 4 is 10.0 Å². The van der Waals surface area contributed by atoms with Gasteiger partial charge in [0.2, 0.25) is 10.0 Å². The molecule has 1 rings (SSSR count). The molecule has 0 heterocycles. The van der Waals surface area contributed by atoms with Crippen molar-refractivity contribution in [1.82, 2.24) is 4.31 Å². The predicted octanol–water partition coefficient (Wildman–Crippen LogP) is 1.98. The van der Waals surface area contributed by atoms with Gasteiger partial charge in [0, 0.05) is 18.7 Å². The van der Waals surface area contributed by atoms with Crippen LogP contribution in [-0.4, -0.2) is 37.5 Å². The minimum atomic E-state index is -3.83. The maximum absolute atomic E-state index is 14.1. The molecule has 0 aliphatic rings. The largest absolute Gasteiger partial charge is 0.384 e. The van der Waals surface area contributed by atoms with E-state index in [1.54, 1.807) is 6.92 Å². The molecule has 1 aromatic rings. The van der Waals surface area contributed by atoms with E-state index in [2.05, 4.69) is 11.8 Å². The van der Waals surface area contributed by atoms with Gasteiger partial charge in [0.15, 0.2) is 0 Å². The van der Waals surface area contributed by atoms with E-state index in [0.717, 1.165) is 18.9 Å². The highest BCUT2D eigenvalue weighted by Gasteiger charge is 2.25. The summed E-state index contributed by atoms with van der Waals surface area (Å²) in [7, 11) is -3.83. The van der Waals surface area contributed by atoms with Crippen LogP contribution in [0.15, 0.2) is 23.1 Å². The zero-order valence-corrected chi connectivity index (χ0v) is 13.1. The van der Waals surface area contributed by atoms with Crippen molar-refractivity contribution in [3.8, 4) is 11.8 Å². The van der Waals surface area contributed by atoms with E-state index in [1.807, 2.05) is 6.92 Å². The topological polar surface area (TPSA) is 57.6 Å². The van der Waals surface area contributed by atoms with E-state index in [4.69, 9.17) is 5.11 Å². The zero-order chi connectivity index (χ0) is 15.9. The first kappa shape index (κ1) is 17.6. The highest BCUT2D eigenvalue weighted by atomic mass is 32.2. The molecule has 0 radical (unpaired) electrons. The molecule has 0 aromatic heterocycles. The number of sulfonamides is 1. The highest BCUT2D eigenvalue weighted by Crippen LogP contribution is 2.20. The molecule has 0 spiro atoms. The summed E-state index contributed by atoms with van der Waals surface area (Å²) in [5.41, 5.74) is 0.331. The summed E-state index contributed by atoms with van der Waals surface area (Å²) in [6, 6.07) is 3.73. The van der Waals surface area contributed by atoms with Crippen molar-refractivity contribution in [3.63, 3.8) is 0 Å². The Bertz CT molecular complexity index is 632. The summed E-state index contributed by atoms with van der Waals surface area (Å²) in [5.74, 6) is 4.11. The minimum Gasteiger partial charge on any atom is -0.384 e. The van der Waals surface area contributed by atoms with Crippen LogP contribution in [0.2, 0.25) is 0 Å². The normalized spacial score (nSPS) is 11.3. The number of hydrogen-bond acceptors (Lipinski definition) is 3. The van der Waals surface area contributed by atoms with Gasteiger partial charge in [-0.1, -0.05) is 32.1 Å². The Morgan fingerprint density at radius 3 is 2.57 bits per heavy atom. The SMILES string of the molecule is CCCCN(CC)S(=O)(=O)c1ccc(C#CCO)cc1F. The Hall–Kier alpha value is -1.42. The van der Waals surface area contributed by atoms with E-state index < -0.39 is 15.8 Å². The van der Waals surface area contributed by atoms with Crippen LogP contribution in [0, 0.1) is 17.7 Å². The third-order valence-electron chi connectivity index (χ3n) is 2.98. The van der Waals surface area contributed by atoms with Crippen LogP contribution in [-0.2, 0) is 10.0 Å². The van der Waals surface area contributed by atoms with E-state index in [9.17, 15) is 12.8 Å². The lowest BCUT2D eigenvalue weighted by Crippen LogP contribution is -2.32. The molecule has 0 unspecified atom stereocenters. The average molecular weight is 313 g/mol. The van der Waals surface area contributed by atoms with Crippen molar-refractivity contribution in [2.45, 2.75) is 31.6 Å². The van der Waals surface area contributed by atoms with Crippen LogP contribution < -0.4 is 0 Å². The Morgan fingerprint density at radius 2 is 2.05 bits per heavy atom. The number of rotatable bonds is 6. The van der Waals surface area contributed by atoms with Gasteiger partial charge in [0.05, 0.1) is 0 Å². The fourth-order valence-corrected chi connectivity index (χ4v) is 3.38. The van der Waals surface area contributed by atoms with E-state index in [0.29, 0.717) is 18.7 Å². The quantitative estimate of drug-likeness (QED) is 0.817. The molecule has 0 bridgehead atoms. The fraction of sp³-hybridized carbons (Fsp3) is 0.467. The van der Waals surface area contributed by atoms with E-state index >= 15 is 0 Å². The highest BCUT2D eigenvalue weighted by molar-refractivity contribution is 7.89. The molecule has 0 atom stereocenters. The maximum atomic E-state index is 14.1. The number of halogens is 1. The number of benzene rings is 1. The molecule has 21 heavy (non-hydrogen) atoms. The molecule has 0 aliphatic carbocycles. The second-order valence-corrected chi connectivity index (χ2v) is 6.36. The van der Waals surface area contributed by atoms with Crippen LogP contribution in [0.5, 0.6) is 0 Å². The Balaban J connectivity index is 3.13. The predicted molar refractivity (Wildman–Crippen MR) is 79.7 cm³/mol. The lowest BCUT2D eigenvalue weighted by molar-refractivity contribution is 0.350. The number of hydrogen-bond donors (Lipinski definition) is 1. The molecule has 4 nitrogen and oxygen atoms in total. The van der Waals surface area contributed by atoms with Gasteiger partial charge < -0.3 is 5.11 Å². The smallest absolute Gasteiger partial charge is 0.245 e. The summed E-state index contributed by atoms with van der Waals surface area (Å²) in [5, 5.41) is 8.60. The van der Waals surface area contributed by atoms with Crippen molar-refractivity contribution in [2.24, 2.45) is 0 Å². The van der Waals surface area contributed by atoms with Crippen LogP contribution in [0.3, 0.4) is 0 Å². The molecule has 6 heteroatoms. The minimum absolute atomic E-state index is 0.299.